The molecule has 4 nitrogen and oxygen atoms in total. The van der Waals surface area contributed by atoms with Crippen molar-refractivity contribution in [2.24, 2.45) is 0 Å². The maximum atomic E-state index is 9.00. The quantitative estimate of drug-likeness (QED) is 0.772. The molecule has 0 aromatic carbocycles. The van der Waals surface area contributed by atoms with Gasteiger partial charge in [0.15, 0.2) is 0 Å². The Bertz CT molecular complexity index is 698. The fraction of sp³-hybridized carbons (Fsp3) is 0.263. The van der Waals surface area contributed by atoms with E-state index in [1.165, 1.54) is 16.7 Å². The fourth-order valence-electron chi connectivity index (χ4n) is 1.88. The predicted molar refractivity (Wildman–Crippen MR) is 101 cm³/mol. The molecule has 128 valence electrons. The first-order chi connectivity index (χ1) is 11.4. The molecule has 0 saturated carbocycles. The third-order valence-corrected chi connectivity index (χ3v) is 3.58. The number of carboxylic acids is 1. The van der Waals surface area contributed by atoms with Gasteiger partial charge in [-0.2, -0.15) is 0 Å². The van der Waals surface area contributed by atoms with Crippen molar-refractivity contribution >= 4 is 29.5 Å². The zero-order chi connectivity index (χ0) is 17.9. The molecule has 0 bridgehead atoms. The Morgan fingerprint density at radius 3 is 2.67 bits per heavy atom. The van der Waals surface area contributed by atoms with Gasteiger partial charge in [0, 0.05) is 12.3 Å². The number of carbonyl (C=O) groups is 1. The number of thiazole rings is 1. The minimum atomic E-state index is -0.833. The van der Waals surface area contributed by atoms with Gasteiger partial charge >= 0.3 is 0 Å². The molecule has 1 heterocycles. The maximum absolute atomic E-state index is 9.00. The summed E-state index contributed by atoms with van der Waals surface area (Å²) in [5.74, 6) is -0.833. The van der Waals surface area contributed by atoms with Crippen LogP contribution in [0.2, 0.25) is 0 Å². The Balaban J connectivity index is 0.000000648. The molecule has 0 aliphatic heterocycles. The van der Waals surface area contributed by atoms with E-state index in [0.29, 0.717) is 0 Å². The normalized spacial score (nSPS) is 14.8. The highest BCUT2D eigenvalue weighted by atomic mass is 32.1. The number of aliphatic carboxylic acids is 1. The highest BCUT2D eigenvalue weighted by molar-refractivity contribution is 7.10. The van der Waals surface area contributed by atoms with E-state index in [-0.39, 0.29) is 0 Å². The lowest BCUT2D eigenvalue weighted by molar-refractivity contribution is -0.134. The number of aromatic nitrogens is 1. The first-order valence-corrected chi connectivity index (χ1v) is 8.37. The molecular weight excluding hydrogens is 322 g/mol. The molecule has 0 saturated heterocycles. The van der Waals surface area contributed by atoms with E-state index in [0.717, 1.165) is 24.0 Å². The van der Waals surface area contributed by atoms with Gasteiger partial charge < -0.3 is 9.84 Å². The molecule has 0 fully saturated rings. The van der Waals surface area contributed by atoms with Crippen LogP contribution in [0.25, 0.3) is 12.2 Å². The number of carboxylic acid groups (broad SMARTS) is 1. The Labute approximate surface area is 147 Å². The third-order valence-electron chi connectivity index (χ3n) is 2.77. The topological polar surface area (TPSA) is 59.4 Å². The summed E-state index contributed by atoms with van der Waals surface area (Å²) in [6, 6.07) is 0. The summed E-state index contributed by atoms with van der Waals surface area (Å²) in [4.78, 5) is 13.6. The zero-order valence-electron chi connectivity index (χ0n) is 14.4. The minimum absolute atomic E-state index is 0.833. The molecule has 0 spiro atoms. The van der Waals surface area contributed by atoms with Crippen LogP contribution >= 0.6 is 11.3 Å². The number of hydrogen-bond acceptors (Lipinski definition) is 4. The number of ether oxygens (including phenoxy) is 1. The lowest BCUT2D eigenvalue weighted by atomic mass is 9.99. The van der Waals surface area contributed by atoms with Crippen LogP contribution in [0.15, 0.2) is 52.7 Å². The summed E-state index contributed by atoms with van der Waals surface area (Å²) >= 11 is 1.66. The van der Waals surface area contributed by atoms with Crippen LogP contribution in [0, 0.1) is 0 Å². The van der Waals surface area contributed by atoms with Crippen molar-refractivity contribution in [1.82, 2.24) is 4.98 Å². The van der Waals surface area contributed by atoms with E-state index in [4.69, 9.17) is 14.6 Å². The van der Waals surface area contributed by atoms with E-state index < -0.39 is 5.97 Å². The number of methoxy groups -OCH3 is 1. The van der Waals surface area contributed by atoms with E-state index in [1.807, 2.05) is 6.08 Å². The number of hydrogen-bond donors (Lipinski definition) is 1. The van der Waals surface area contributed by atoms with Gasteiger partial charge in [-0.05, 0) is 43.6 Å². The predicted octanol–water partition coefficient (Wildman–Crippen LogP) is 5.09. The highest BCUT2D eigenvalue weighted by Gasteiger charge is 2.04. The van der Waals surface area contributed by atoms with Crippen LogP contribution < -0.4 is 0 Å². The van der Waals surface area contributed by atoms with Gasteiger partial charge in [0.1, 0.15) is 5.01 Å². The third kappa shape index (κ3) is 7.74. The summed E-state index contributed by atoms with van der Waals surface area (Å²) in [5, 5.41) is 10.5. The van der Waals surface area contributed by atoms with Crippen LogP contribution in [0.4, 0.5) is 0 Å². The summed E-state index contributed by atoms with van der Waals surface area (Å²) in [7, 11) is 1.68. The zero-order valence-corrected chi connectivity index (χ0v) is 15.3. The van der Waals surface area contributed by atoms with Crippen molar-refractivity contribution in [2.45, 2.75) is 27.2 Å². The Hall–Kier alpha value is -2.40. The van der Waals surface area contributed by atoms with E-state index in [2.05, 4.69) is 54.6 Å². The van der Waals surface area contributed by atoms with Crippen LogP contribution in [0.5, 0.6) is 0 Å². The summed E-state index contributed by atoms with van der Waals surface area (Å²) in [6.45, 7) is 5.25. The van der Waals surface area contributed by atoms with Crippen LogP contribution in [-0.4, -0.2) is 23.2 Å². The highest BCUT2D eigenvalue weighted by Crippen LogP contribution is 2.22. The van der Waals surface area contributed by atoms with Gasteiger partial charge in [0.25, 0.3) is 5.97 Å². The average Bonchev–Trinajstić information content (AvgIpc) is 2.93. The van der Waals surface area contributed by atoms with Crippen molar-refractivity contribution in [3.05, 3.63) is 63.4 Å². The van der Waals surface area contributed by atoms with Gasteiger partial charge in [-0.25, -0.2) is 4.98 Å². The largest absolute Gasteiger partial charge is 0.504 e. The molecular formula is C19H23NO3S. The summed E-state index contributed by atoms with van der Waals surface area (Å²) in [6.07, 6.45) is 15.2. The molecule has 1 aromatic heterocycles. The standard InChI is InChI=1S/C17H19NOS.C2H4O2/c1-13(2)10-17-18-16(12-20-17)9-8-14-6-4-5-7-15(14)11-19-3;1-2(3)4/h4-6,8-12H,7H2,1-3H3;1H3,(H,3,4)/b9-8?,15-11+;. The second-order valence-corrected chi connectivity index (χ2v) is 6.21. The lowest BCUT2D eigenvalue weighted by Crippen LogP contribution is -1.91. The Morgan fingerprint density at radius 1 is 1.33 bits per heavy atom. The van der Waals surface area contributed by atoms with Gasteiger partial charge in [-0.15, -0.1) is 11.3 Å². The molecule has 5 heteroatoms. The van der Waals surface area contributed by atoms with E-state index in [9.17, 15) is 0 Å². The molecule has 1 aliphatic carbocycles. The smallest absolute Gasteiger partial charge is 0.300 e. The summed E-state index contributed by atoms with van der Waals surface area (Å²) in [5.41, 5.74) is 4.62. The van der Waals surface area contributed by atoms with E-state index in [1.54, 1.807) is 24.7 Å². The molecule has 0 atom stereocenters. The van der Waals surface area contributed by atoms with Crippen LogP contribution in [0.1, 0.15) is 37.9 Å². The van der Waals surface area contributed by atoms with Gasteiger partial charge in [0.05, 0.1) is 19.1 Å². The minimum Gasteiger partial charge on any atom is -0.504 e. The molecule has 0 unspecified atom stereocenters. The monoisotopic (exact) mass is 345 g/mol. The molecule has 2 rings (SSSR count). The molecule has 0 radical (unpaired) electrons. The first-order valence-electron chi connectivity index (χ1n) is 7.49. The van der Waals surface area contributed by atoms with Gasteiger partial charge in [-0.1, -0.05) is 29.9 Å². The van der Waals surface area contributed by atoms with Crippen molar-refractivity contribution in [1.29, 1.82) is 0 Å². The lowest BCUT2D eigenvalue weighted by Gasteiger charge is -2.08. The second kappa shape index (κ2) is 10.4. The van der Waals surface area contributed by atoms with Crippen LogP contribution in [-0.2, 0) is 9.53 Å². The number of nitrogens with zero attached hydrogens (tertiary/aromatic N) is 1. The van der Waals surface area contributed by atoms with Gasteiger partial charge in [0.2, 0.25) is 0 Å². The fourth-order valence-corrected chi connectivity index (χ4v) is 2.71. The van der Waals surface area contributed by atoms with E-state index >= 15 is 0 Å². The summed E-state index contributed by atoms with van der Waals surface area (Å²) < 4.78 is 5.12. The molecule has 1 N–H and O–H groups in total. The average molecular weight is 345 g/mol. The number of rotatable bonds is 4. The molecule has 0 amide bonds. The maximum Gasteiger partial charge on any atom is 0.300 e. The molecule has 1 aliphatic rings. The van der Waals surface area contributed by atoms with Crippen molar-refractivity contribution < 1.29 is 14.6 Å². The second-order valence-electron chi connectivity index (χ2n) is 5.32. The van der Waals surface area contributed by atoms with Crippen molar-refractivity contribution in [3.63, 3.8) is 0 Å². The Kier molecular flexibility index (Phi) is 8.50. The first kappa shape index (κ1) is 19.6. The molecule has 24 heavy (non-hydrogen) atoms. The van der Waals surface area contributed by atoms with Crippen LogP contribution in [0.3, 0.4) is 0 Å². The number of allylic oxidation sites excluding steroid dienone is 7. The van der Waals surface area contributed by atoms with Crippen molar-refractivity contribution in [3.8, 4) is 0 Å². The van der Waals surface area contributed by atoms with Crippen molar-refractivity contribution in [2.75, 3.05) is 7.11 Å². The van der Waals surface area contributed by atoms with Gasteiger partial charge in [-0.3, -0.25) is 4.79 Å². The SMILES string of the molecule is CC(=O)O.CO/C=C1\CC=CC=C1C=Cc1csc(C=C(C)C)n1. The molecule has 1 aromatic rings. The Morgan fingerprint density at radius 2 is 2.04 bits per heavy atom.